The molecule has 132 valence electrons. The third-order valence-corrected chi connectivity index (χ3v) is 5.06. The predicted octanol–water partition coefficient (Wildman–Crippen LogP) is 3.29. The molecule has 2 aromatic heterocycles. The Kier molecular flexibility index (Phi) is 4.90. The normalized spacial score (nSPS) is 14.2. The number of thiazole rings is 1. The van der Waals surface area contributed by atoms with Crippen molar-refractivity contribution in [3.63, 3.8) is 0 Å². The molecule has 0 bridgehead atoms. The monoisotopic (exact) mass is 366 g/mol. The molecule has 1 N–H and O–H groups in total. The van der Waals surface area contributed by atoms with Gasteiger partial charge in [0.2, 0.25) is 0 Å². The first kappa shape index (κ1) is 16.7. The number of aromatic nitrogens is 2. The molecule has 1 aliphatic rings. The molecular formula is C19H18N4O2S. The minimum absolute atomic E-state index is 0.206. The van der Waals surface area contributed by atoms with Crippen LogP contribution in [0.2, 0.25) is 0 Å². The number of para-hydroxylation sites is 2. The molecule has 0 atom stereocenters. The molecule has 0 unspecified atom stereocenters. The fraction of sp³-hybridized carbons (Fsp3) is 0.211. The number of carbonyl (C=O) groups is 1. The van der Waals surface area contributed by atoms with Crippen LogP contribution >= 0.6 is 11.3 Å². The molecule has 26 heavy (non-hydrogen) atoms. The van der Waals surface area contributed by atoms with Crippen LogP contribution in [0.5, 0.6) is 0 Å². The zero-order valence-electron chi connectivity index (χ0n) is 14.1. The predicted molar refractivity (Wildman–Crippen MR) is 103 cm³/mol. The topological polar surface area (TPSA) is 67.4 Å². The van der Waals surface area contributed by atoms with E-state index in [0.29, 0.717) is 18.9 Å². The fourth-order valence-electron chi connectivity index (χ4n) is 2.85. The zero-order valence-corrected chi connectivity index (χ0v) is 14.9. The lowest BCUT2D eigenvalue weighted by Crippen LogP contribution is -2.36. The summed E-state index contributed by atoms with van der Waals surface area (Å²) in [5.41, 5.74) is 3.17. The first-order valence-corrected chi connectivity index (χ1v) is 9.28. The molecule has 1 aliphatic heterocycles. The maximum atomic E-state index is 12.7. The Morgan fingerprint density at radius 2 is 1.88 bits per heavy atom. The van der Waals surface area contributed by atoms with Gasteiger partial charge in [0.1, 0.15) is 10.7 Å². The van der Waals surface area contributed by atoms with Gasteiger partial charge in [-0.05, 0) is 24.3 Å². The highest BCUT2D eigenvalue weighted by molar-refractivity contribution is 7.13. The molecule has 1 saturated heterocycles. The number of morpholine rings is 1. The fourth-order valence-corrected chi connectivity index (χ4v) is 3.66. The first-order chi connectivity index (χ1) is 12.8. The lowest BCUT2D eigenvalue weighted by molar-refractivity contribution is 0.102. The summed E-state index contributed by atoms with van der Waals surface area (Å²) in [5, 5.41) is 5.58. The average molecular weight is 366 g/mol. The van der Waals surface area contributed by atoms with Gasteiger partial charge in [0, 0.05) is 36.4 Å². The van der Waals surface area contributed by atoms with Crippen molar-refractivity contribution in [1.82, 2.24) is 9.97 Å². The molecule has 0 aliphatic carbocycles. The van der Waals surface area contributed by atoms with Crippen molar-refractivity contribution < 1.29 is 9.53 Å². The van der Waals surface area contributed by atoms with Crippen LogP contribution in [0, 0.1) is 0 Å². The average Bonchev–Trinajstić information content (AvgIpc) is 3.20. The lowest BCUT2D eigenvalue weighted by atomic mass is 10.2. The van der Waals surface area contributed by atoms with E-state index in [2.05, 4.69) is 20.2 Å². The van der Waals surface area contributed by atoms with E-state index < -0.39 is 0 Å². The van der Waals surface area contributed by atoms with E-state index in [1.807, 2.05) is 36.4 Å². The molecular weight excluding hydrogens is 348 g/mol. The maximum absolute atomic E-state index is 12.7. The van der Waals surface area contributed by atoms with Crippen LogP contribution in [-0.2, 0) is 4.74 Å². The second-order valence-corrected chi connectivity index (χ2v) is 6.70. The van der Waals surface area contributed by atoms with Crippen molar-refractivity contribution in [2.75, 3.05) is 36.5 Å². The summed E-state index contributed by atoms with van der Waals surface area (Å²) < 4.78 is 5.41. The highest BCUT2D eigenvalue weighted by Gasteiger charge is 2.17. The summed E-state index contributed by atoms with van der Waals surface area (Å²) in [6.07, 6.45) is 3.43. The van der Waals surface area contributed by atoms with E-state index in [0.717, 1.165) is 35.0 Å². The number of hydrogen-bond donors (Lipinski definition) is 1. The third kappa shape index (κ3) is 3.58. The summed E-state index contributed by atoms with van der Waals surface area (Å²) in [6.45, 7) is 3.03. The lowest BCUT2D eigenvalue weighted by Gasteiger charge is -2.30. The number of nitrogens with zero attached hydrogens (tertiary/aromatic N) is 3. The minimum Gasteiger partial charge on any atom is -0.378 e. The van der Waals surface area contributed by atoms with Gasteiger partial charge >= 0.3 is 0 Å². The summed E-state index contributed by atoms with van der Waals surface area (Å²) >= 11 is 1.45. The number of pyridine rings is 1. The van der Waals surface area contributed by atoms with Gasteiger partial charge in [-0.1, -0.05) is 12.1 Å². The standard InChI is InChI=1S/C19H18N4O2S/c24-18(16-13-26-19(22-16)14-5-7-20-8-6-14)21-15-3-1-2-4-17(15)23-9-11-25-12-10-23/h1-8,13H,9-12H2,(H,21,24). The molecule has 4 rings (SSSR count). The van der Waals surface area contributed by atoms with Gasteiger partial charge in [0.25, 0.3) is 5.91 Å². The van der Waals surface area contributed by atoms with Gasteiger partial charge < -0.3 is 15.0 Å². The van der Waals surface area contributed by atoms with Gasteiger partial charge in [0.15, 0.2) is 0 Å². The van der Waals surface area contributed by atoms with Crippen LogP contribution in [0.4, 0.5) is 11.4 Å². The molecule has 0 radical (unpaired) electrons. The number of nitrogens with one attached hydrogen (secondary N) is 1. The smallest absolute Gasteiger partial charge is 0.275 e. The molecule has 7 heteroatoms. The van der Waals surface area contributed by atoms with E-state index in [4.69, 9.17) is 4.74 Å². The number of benzene rings is 1. The number of anilines is 2. The second-order valence-electron chi connectivity index (χ2n) is 5.84. The Balaban J connectivity index is 1.53. The summed E-state index contributed by atoms with van der Waals surface area (Å²) in [4.78, 5) is 23.4. The number of carbonyl (C=O) groups excluding carboxylic acids is 1. The van der Waals surface area contributed by atoms with E-state index in [1.165, 1.54) is 11.3 Å². The van der Waals surface area contributed by atoms with Crippen LogP contribution in [-0.4, -0.2) is 42.2 Å². The van der Waals surface area contributed by atoms with Gasteiger partial charge in [0.05, 0.1) is 24.6 Å². The molecule has 1 fully saturated rings. The van der Waals surface area contributed by atoms with Gasteiger partial charge in [-0.2, -0.15) is 0 Å². The zero-order chi connectivity index (χ0) is 17.8. The number of amides is 1. The Morgan fingerprint density at radius 3 is 2.69 bits per heavy atom. The number of ether oxygens (including phenoxy) is 1. The van der Waals surface area contributed by atoms with Crippen molar-refractivity contribution in [1.29, 1.82) is 0 Å². The highest BCUT2D eigenvalue weighted by atomic mass is 32.1. The van der Waals surface area contributed by atoms with Crippen molar-refractivity contribution in [2.45, 2.75) is 0 Å². The van der Waals surface area contributed by atoms with Gasteiger partial charge in [-0.25, -0.2) is 4.98 Å². The van der Waals surface area contributed by atoms with Crippen molar-refractivity contribution in [2.24, 2.45) is 0 Å². The van der Waals surface area contributed by atoms with Crippen molar-refractivity contribution in [3.8, 4) is 10.6 Å². The SMILES string of the molecule is O=C(Nc1ccccc1N1CCOCC1)c1csc(-c2ccncc2)n1. The van der Waals surface area contributed by atoms with E-state index in [9.17, 15) is 4.79 Å². The number of hydrogen-bond acceptors (Lipinski definition) is 6. The molecule has 3 aromatic rings. The summed E-state index contributed by atoms with van der Waals surface area (Å²) in [6, 6.07) is 11.6. The molecule has 6 nitrogen and oxygen atoms in total. The van der Waals surface area contributed by atoms with Crippen LogP contribution < -0.4 is 10.2 Å². The van der Waals surface area contributed by atoms with Gasteiger partial charge in [-0.15, -0.1) is 11.3 Å². The molecule has 3 heterocycles. The van der Waals surface area contributed by atoms with E-state index in [1.54, 1.807) is 17.8 Å². The molecule has 0 saturated carbocycles. The molecule has 0 spiro atoms. The molecule has 1 amide bonds. The Morgan fingerprint density at radius 1 is 1.12 bits per heavy atom. The van der Waals surface area contributed by atoms with Gasteiger partial charge in [-0.3, -0.25) is 9.78 Å². The largest absolute Gasteiger partial charge is 0.378 e. The Bertz CT molecular complexity index is 891. The number of rotatable bonds is 4. The second kappa shape index (κ2) is 7.63. The molecule has 1 aromatic carbocycles. The van der Waals surface area contributed by atoms with Crippen LogP contribution in [0.3, 0.4) is 0 Å². The quantitative estimate of drug-likeness (QED) is 0.767. The van der Waals surface area contributed by atoms with Crippen LogP contribution in [0.25, 0.3) is 10.6 Å². The maximum Gasteiger partial charge on any atom is 0.275 e. The van der Waals surface area contributed by atoms with E-state index in [-0.39, 0.29) is 5.91 Å². The van der Waals surface area contributed by atoms with Crippen molar-refractivity contribution in [3.05, 3.63) is 59.9 Å². The van der Waals surface area contributed by atoms with Crippen LogP contribution in [0.15, 0.2) is 54.2 Å². The Hall–Kier alpha value is -2.77. The van der Waals surface area contributed by atoms with Crippen molar-refractivity contribution >= 4 is 28.6 Å². The summed E-state index contributed by atoms with van der Waals surface area (Å²) in [5.74, 6) is -0.206. The third-order valence-electron chi connectivity index (χ3n) is 4.17. The Labute approximate surface area is 155 Å². The minimum atomic E-state index is -0.206. The summed E-state index contributed by atoms with van der Waals surface area (Å²) in [7, 11) is 0. The first-order valence-electron chi connectivity index (χ1n) is 8.40. The van der Waals surface area contributed by atoms with E-state index >= 15 is 0 Å². The highest BCUT2D eigenvalue weighted by Crippen LogP contribution is 2.28. The van der Waals surface area contributed by atoms with Crippen LogP contribution in [0.1, 0.15) is 10.5 Å².